The van der Waals surface area contributed by atoms with Crippen LogP contribution >= 0.6 is 0 Å². The number of fused-ring (bicyclic) bond motifs is 6. The van der Waals surface area contributed by atoms with Crippen LogP contribution in [0.15, 0.2) is 176 Å². The molecule has 0 fully saturated rings. The molecule has 0 unspecified atom stereocenters. The number of nitrogens with zero attached hydrogens (tertiary/aromatic N) is 3. The normalized spacial score (nSPS) is 12.4. The minimum absolute atomic E-state index is 0.302. The van der Waals surface area contributed by atoms with Crippen molar-refractivity contribution in [3.8, 4) is 62.0 Å². The maximum absolute atomic E-state index is 14.1. The number of nitriles is 1. The molecule has 0 N–H and O–H groups in total. The molecule has 12 heteroatoms. The van der Waals surface area contributed by atoms with Crippen molar-refractivity contribution in [2.75, 3.05) is 0 Å². The molecule has 0 bridgehead atoms. The summed E-state index contributed by atoms with van der Waals surface area (Å²) in [6, 6.07) is 50.9. The van der Waals surface area contributed by atoms with Crippen LogP contribution in [0.4, 0.5) is 39.5 Å². The second-order valence-corrected chi connectivity index (χ2v) is 18.4. The van der Waals surface area contributed by atoms with E-state index in [1.807, 2.05) is 106 Å². The molecule has 0 spiro atoms. The van der Waals surface area contributed by atoms with Gasteiger partial charge in [-0.1, -0.05) is 72.8 Å². The van der Waals surface area contributed by atoms with E-state index in [1.165, 1.54) is 6.07 Å². The molecule has 0 atom stereocenters. The van der Waals surface area contributed by atoms with Crippen molar-refractivity contribution >= 4 is 43.6 Å². The molecular formula is C61H38F9N3. The summed E-state index contributed by atoms with van der Waals surface area (Å²) in [5, 5.41) is 13.6. The first kappa shape index (κ1) is 46.8. The van der Waals surface area contributed by atoms with E-state index in [-0.39, 0.29) is 0 Å². The minimum atomic E-state index is -4.60. The summed E-state index contributed by atoms with van der Waals surface area (Å²) in [7, 11) is 0. The Hall–Kier alpha value is -8.56. The van der Waals surface area contributed by atoms with Gasteiger partial charge in [-0.3, -0.25) is 0 Å². The third-order valence-corrected chi connectivity index (χ3v) is 13.6. The molecule has 360 valence electrons. The molecule has 0 aliphatic carbocycles. The Morgan fingerprint density at radius 1 is 0.370 bits per heavy atom. The number of aromatic nitrogens is 2. The highest BCUT2D eigenvalue weighted by Crippen LogP contribution is 2.46. The highest BCUT2D eigenvalue weighted by atomic mass is 19.4. The van der Waals surface area contributed by atoms with Crippen molar-refractivity contribution in [2.45, 2.75) is 39.3 Å². The zero-order valence-electron chi connectivity index (χ0n) is 39.0. The van der Waals surface area contributed by atoms with E-state index in [1.54, 1.807) is 57.2 Å². The number of aryl methyl sites for hydroxylation is 3. The van der Waals surface area contributed by atoms with Crippen molar-refractivity contribution in [1.82, 2.24) is 9.13 Å². The van der Waals surface area contributed by atoms with Crippen molar-refractivity contribution in [3.63, 3.8) is 0 Å². The highest BCUT2D eigenvalue weighted by Gasteiger charge is 2.33. The number of hydrogen-bond acceptors (Lipinski definition) is 1. The number of benzene rings is 9. The SMILES string of the molecule is Cc1cc(-c2ccc3c(c2)c2ccccc2n3-c2ccc(-c3ccc(C(F)(F)F)cc3C)c(-c3cc(C#N)ccc3-n3c4ccccc4c4cc(-c5cc(C)cc(C(F)(F)F)c5)ccc43)c2)cc(C(F)(F)F)c1. The molecule has 0 amide bonds. The predicted octanol–water partition coefficient (Wildman–Crippen LogP) is 18.4. The molecule has 2 heterocycles. The van der Waals surface area contributed by atoms with Crippen LogP contribution in [0.1, 0.15) is 38.9 Å². The van der Waals surface area contributed by atoms with Crippen molar-refractivity contribution < 1.29 is 39.5 Å². The smallest absolute Gasteiger partial charge is 0.309 e. The van der Waals surface area contributed by atoms with E-state index in [9.17, 15) is 44.8 Å². The largest absolute Gasteiger partial charge is 0.416 e. The van der Waals surface area contributed by atoms with Gasteiger partial charge in [0, 0.05) is 32.8 Å². The van der Waals surface area contributed by atoms with Crippen LogP contribution in [0.25, 0.3) is 99.5 Å². The lowest BCUT2D eigenvalue weighted by molar-refractivity contribution is -0.138. The Kier molecular flexibility index (Phi) is 10.9. The number of hydrogen-bond donors (Lipinski definition) is 0. The van der Waals surface area contributed by atoms with Gasteiger partial charge in [0.25, 0.3) is 0 Å². The molecule has 0 aliphatic rings. The Morgan fingerprint density at radius 2 is 0.877 bits per heavy atom. The first-order valence-electron chi connectivity index (χ1n) is 23.1. The first-order chi connectivity index (χ1) is 34.7. The lowest BCUT2D eigenvalue weighted by Gasteiger charge is -2.20. The van der Waals surface area contributed by atoms with Crippen LogP contribution < -0.4 is 0 Å². The van der Waals surface area contributed by atoms with Crippen molar-refractivity contribution in [1.29, 1.82) is 5.26 Å². The van der Waals surface area contributed by atoms with E-state index in [0.717, 1.165) is 74.5 Å². The van der Waals surface area contributed by atoms with Gasteiger partial charge in [0.2, 0.25) is 0 Å². The third kappa shape index (κ3) is 8.24. The topological polar surface area (TPSA) is 33.6 Å². The number of rotatable bonds is 6. The summed E-state index contributed by atoms with van der Waals surface area (Å²) in [5.41, 5.74) is 7.61. The Bertz CT molecular complexity index is 4100. The minimum Gasteiger partial charge on any atom is -0.309 e. The van der Waals surface area contributed by atoms with Crippen LogP contribution in [-0.2, 0) is 18.5 Å². The van der Waals surface area contributed by atoms with Gasteiger partial charge in [-0.2, -0.15) is 44.8 Å². The fraction of sp³-hybridized carbons (Fsp3) is 0.0984. The summed E-state index contributed by atoms with van der Waals surface area (Å²) < 4.78 is 131. The van der Waals surface area contributed by atoms with Crippen molar-refractivity contribution in [3.05, 3.63) is 215 Å². The van der Waals surface area contributed by atoms with Gasteiger partial charge < -0.3 is 9.13 Å². The molecular weight excluding hydrogens is 946 g/mol. The van der Waals surface area contributed by atoms with E-state index in [2.05, 4.69) is 6.07 Å². The molecule has 9 aromatic carbocycles. The van der Waals surface area contributed by atoms with Crippen LogP contribution in [0.3, 0.4) is 0 Å². The third-order valence-electron chi connectivity index (χ3n) is 13.6. The maximum Gasteiger partial charge on any atom is 0.416 e. The number of alkyl halides is 9. The molecule has 0 saturated carbocycles. The van der Waals surface area contributed by atoms with Gasteiger partial charge in [0.15, 0.2) is 0 Å². The number of halogens is 9. The van der Waals surface area contributed by atoms with Gasteiger partial charge in [-0.15, -0.1) is 0 Å². The average molecular weight is 984 g/mol. The van der Waals surface area contributed by atoms with Crippen LogP contribution in [0.5, 0.6) is 0 Å². The summed E-state index contributed by atoms with van der Waals surface area (Å²) in [4.78, 5) is 0. The van der Waals surface area contributed by atoms with Crippen LogP contribution in [0, 0.1) is 32.1 Å². The fourth-order valence-electron chi connectivity index (χ4n) is 10.4. The highest BCUT2D eigenvalue weighted by molar-refractivity contribution is 6.12. The van der Waals surface area contributed by atoms with E-state index >= 15 is 0 Å². The molecule has 0 saturated heterocycles. The van der Waals surface area contributed by atoms with Gasteiger partial charge >= 0.3 is 18.5 Å². The van der Waals surface area contributed by atoms with Gasteiger partial charge in [0.05, 0.1) is 56.1 Å². The molecule has 11 rings (SSSR count). The molecule has 11 aromatic rings. The molecule has 3 nitrogen and oxygen atoms in total. The lowest BCUT2D eigenvalue weighted by atomic mass is 9.89. The fourth-order valence-corrected chi connectivity index (χ4v) is 10.4. The molecule has 0 aliphatic heterocycles. The molecule has 73 heavy (non-hydrogen) atoms. The predicted molar refractivity (Wildman–Crippen MR) is 271 cm³/mol. The van der Waals surface area contributed by atoms with Crippen LogP contribution in [-0.4, -0.2) is 9.13 Å². The average Bonchev–Trinajstić information content (AvgIpc) is 3.87. The van der Waals surface area contributed by atoms with Crippen LogP contribution in [0.2, 0.25) is 0 Å². The standard InChI is InChI=1S/C61H38F9N3/c1-34-22-40(28-43(24-34)60(65,66)67)38-13-20-56-52(30-38)48-8-4-6-10-54(48)72(56)45-16-18-47(46-17-15-42(26-36(46)3)59(62,63)64)50(32-45)51-27-37(33-71)12-19-57(51)73-55-11-7-5-9-49(55)53-31-39(14-21-58(53)73)41-23-35(2)25-44(29-41)61(68,69)70/h4-32H,1-3H3. The van der Waals surface area contributed by atoms with E-state index < -0.39 is 35.2 Å². The zero-order chi connectivity index (χ0) is 51.3. The summed E-state index contributed by atoms with van der Waals surface area (Å²) in [6.45, 7) is 4.85. The monoisotopic (exact) mass is 983 g/mol. The number of para-hydroxylation sites is 2. The van der Waals surface area contributed by atoms with Gasteiger partial charge in [0.1, 0.15) is 0 Å². The Labute approximate surface area is 412 Å². The lowest BCUT2D eigenvalue weighted by Crippen LogP contribution is -2.05. The Balaban J connectivity index is 1.17. The van der Waals surface area contributed by atoms with Crippen molar-refractivity contribution in [2.24, 2.45) is 0 Å². The second-order valence-electron chi connectivity index (χ2n) is 18.4. The summed E-state index contributed by atoms with van der Waals surface area (Å²) >= 11 is 0. The molecule has 2 aromatic heterocycles. The Morgan fingerprint density at radius 3 is 1.41 bits per heavy atom. The first-order valence-corrected chi connectivity index (χ1v) is 23.1. The van der Waals surface area contributed by atoms with E-state index in [0.29, 0.717) is 83.7 Å². The summed E-state index contributed by atoms with van der Waals surface area (Å²) in [5.74, 6) is 0. The second kappa shape index (κ2) is 17.1. The molecule has 0 radical (unpaired) electrons. The van der Waals surface area contributed by atoms with E-state index in [4.69, 9.17) is 0 Å². The zero-order valence-corrected chi connectivity index (χ0v) is 39.0. The quantitative estimate of drug-likeness (QED) is 0.153. The van der Waals surface area contributed by atoms with Gasteiger partial charge in [-0.05, 0) is 180 Å². The maximum atomic E-state index is 14.1. The van der Waals surface area contributed by atoms with Gasteiger partial charge in [-0.25, -0.2) is 0 Å². The summed E-state index contributed by atoms with van der Waals surface area (Å²) in [6.07, 6.45) is -13.7.